The van der Waals surface area contributed by atoms with Crippen molar-refractivity contribution < 1.29 is 8.42 Å². The lowest BCUT2D eigenvalue weighted by atomic mass is 10.0. The highest BCUT2D eigenvalue weighted by atomic mass is 32.2. The largest absolute Gasteiger partial charge is 0.243 e. The van der Waals surface area contributed by atoms with Crippen molar-refractivity contribution in [3.63, 3.8) is 0 Å². The quantitative estimate of drug-likeness (QED) is 0.829. The summed E-state index contributed by atoms with van der Waals surface area (Å²) in [5.74, 6) is 1.07. The monoisotopic (exact) mass is 276 g/mol. The van der Waals surface area contributed by atoms with Crippen LogP contribution in [0.3, 0.4) is 0 Å². The van der Waals surface area contributed by atoms with Crippen LogP contribution in [-0.2, 0) is 10.0 Å². The van der Waals surface area contributed by atoms with Gasteiger partial charge in [-0.15, -0.1) is 0 Å². The van der Waals surface area contributed by atoms with E-state index in [0.717, 1.165) is 12.8 Å². The van der Waals surface area contributed by atoms with Crippen molar-refractivity contribution in [2.24, 2.45) is 11.8 Å². The van der Waals surface area contributed by atoms with Crippen LogP contribution in [0, 0.1) is 23.2 Å². The molecule has 1 saturated carbocycles. The first-order valence-electron chi connectivity index (χ1n) is 6.61. The second-order valence-corrected chi connectivity index (χ2v) is 7.35. The third-order valence-electron chi connectivity index (χ3n) is 4.29. The zero-order valence-electron chi connectivity index (χ0n) is 10.6. The molecule has 5 heteroatoms. The molecule has 2 aliphatic rings. The van der Waals surface area contributed by atoms with Crippen molar-refractivity contribution in [3.8, 4) is 6.07 Å². The van der Waals surface area contributed by atoms with E-state index >= 15 is 0 Å². The number of benzene rings is 1. The topological polar surface area (TPSA) is 61.2 Å². The van der Waals surface area contributed by atoms with Gasteiger partial charge in [-0.05, 0) is 42.9 Å². The Labute approximate surface area is 113 Å². The SMILES string of the molecule is N#Cc1cccc(S(=O)(=O)N2CC3CCCC3C2)c1. The minimum absolute atomic E-state index is 0.242. The van der Waals surface area contributed by atoms with E-state index in [2.05, 4.69) is 0 Å². The zero-order valence-corrected chi connectivity index (χ0v) is 11.4. The highest BCUT2D eigenvalue weighted by Crippen LogP contribution is 2.39. The maximum Gasteiger partial charge on any atom is 0.243 e. The molecule has 0 radical (unpaired) electrons. The molecule has 2 unspecified atom stereocenters. The molecule has 1 saturated heterocycles. The maximum absolute atomic E-state index is 12.6. The summed E-state index contributed by atoms with van der Waals surface area (Å²) in [5, 5.41) is 8.87. The summed E-state index contributed by atoms with van der Waals surface area (Å²) >= 11 is 0. The average molecular weight is 276 g/mol. The van der Waals surface area contributed by atoms with Gasteiger partial charge in [0.05, 0.1) is 16.5 Å². The van der Waals surface area contributed by atoms with Gasteiger partial charge in [-0.1, -0.05) is 12.5 Å². The van der Waals surface area contributed by atoms with Gasteiger partial charge in [0.1, 0.15) is 0 Å². The van der Waals surface area contributed by atoms with Crippen LogP contribution in [0.4, 0.5) is 0 Å². The molecule has 1 aliphatic carbocycles. The minimum atomic E-state index is -3.43. The molecule has 0 aromatic heterocycles. The molecule has 1 aromatic carbocycles. The number of nitrogens with zero attached hydrogens (tertiary/aromatic N) is 2. The third kappa shape index (κ3) is 2.15. The van der Waals surface area contributed by atoms with Gasteiger partial charge in [-0.2, -0.15) is 9.57 Å². The summed E-state index contributed by atoms with van der Waals surface area (Å²) < 4.78 is 26.7. The van der Waals surface area contributed by atoms with E-state index in [0.29, 0.717) is 30.5 Å². The summed E-state index contributed by atoms with van der Waals surface area (Å²) in [6.07, 6.45) is 3.52. The summed E-state index contributed by atoms with van der Waals surface area (Å²) in [4.78, 5) is 0.242. The van der Waals surface area contributed by atoms with Crippen molar-refractivity contribution in [2.75, 3.05) is 13.1 Å². The second-order valence-electron chi connectivity index (χ2n) is 5.41. The third-order valence-corrected chi connectivity index (χ3v) is 6.12. The molecule has 19 heavy (non-hydrogen) atoms. The van der Waals surface area contributed by atoms with Gasteiger partial charge in [0.25, 0.3) is 0 Å². The van der Waals surface area contributed by atoms with E-state index in [1.54, 1.807) is 22.5 Å². The van der Waals surface area contributed by atoms with Crippen LogP contribution in [0.15, 0.2) is 29.2 Å². The van der Waals surface area contributed by atoms with Gasteiger partial charge in [0.2, 0.25) is 10.0 Å². The average Bonchev–Trinajstić information content (AvgIpc) is 2.99. The van der Waals surface area contributed by atoms with E-state index in [4.69, 9.17) is 5.26 Å². The van der Waals surface area contributed by atoms with Crippen LogP contribution < -0.4 is 0 Å². The number of hydrogen-bond donors (Lipinski definition) is 0. The molecule has 1 aromatic rings. The van der Waals surface area contributed by atoms with Gasteiger partial charge in [-0.25, -0.2) is 8.42 Å². The molecule has 0 N–H and O–H groups in total. The lowest BCUT2D eigenvalue weighted by Crippen LogP contribution is -2.29. The molecule has 3 rings (SSSR count). The van der Waals surface area contributed by atoms with Crippen LogP contribution >= 0.6 is 0 Å². The molecule has 2 atom stereocenters. The van der Waals surface area contributed by atoms with Gasteiger partial charge in [0, 0.05) is 13.1 Å². The van der Waals surface area contributed by atoms with E-state index in [9.17, 15) is 8.42 Å². The van der Waals surface area contributed by atoms with Gasteiger partial charge in [0.15, 0.2) is 0 Å². The van der Waals surface area contributed by atoms with Gasteiger partial charge in [-0.3, -0.25) is 0 Å². The Kier molecular flexibility index (Phi) is 3.08. The van der Waals surface area contributed by atoms with Crippen LogP contribution in [0.5, 0.6) is 0 Å². The summed E-state index contributed by atoms with van der Waals surface area (Å²) in [7, 11) is -3.43. The first-order chi connectivity index (χ1) is 9.11. The Balaban J connectivity index is 1.89. The van der Waals surface area contributed by atoms with Crippen molar-refractivity contribution in [1.29, 1.82) is 5.26 Å². The fourth-order valence-corrected chi connectivity index (χ4v) is 4.86. The second kappa shape index (κ2) is 4.62. The maximum atomic E-state index is 12.6. The normalized spacial score (nSPS) is 27.1. The molecule has 0 bridgehead atoms. The first-order valence-corrected chi connectivity index (χ1v) is 8.05. The van der Waals surface area contributed by atoms with E-state index in [-0.39, 0.29) is 4.90 Å². The summed E-state index contributed by atoms with van der Waals surface area (Å²) in [6.45, 7) is 1.29. The van der Waals surface area contributed by atoms with Crippen molar-refractivity contribution in [3.05, 3.63) is 29.8 Å². The van der Waals surface area contributed by atoms with Crippen LogP contribution in [0.1, 0.15) is 24.8 Å². The van der Waals surface area contributed by atoms with E-state index < -0.39 is 10.0 Å². The smallest absolute Gasteiger partial charge is 0.207 e. The summed E-state index contributed by atoms with van der Waals surface area (Å²) in [6, 6.07) is 8.27. The van der Waals surface area contributed by atoms with Crippen molar-refractivity contribution in [2.45, 2.75) is 24.2 Å². The lowest BCUT2D eigenvalue weighted by Gasteiger charge is -2.17. The van der Waals surface area contributed by atoms with Crippen molar-refractivity contribution in [1.82, 2.24) is 4.31 Å². The predicted octanol–water partition coefficient (Wildman–Crippen LogP) is 1.98. The number of hydrogen-bond acceptors (Lipinski definition) is 3. The molecule has 0 spiro atoms. The minimum Gasteiger partial charge on any atom is -0.207 e. The Bertz CT molecular complexity index is 621. The molecule has 1 heterocycles. The summed E-state index contributed by atoms with van der Waals surface area (Å²) in [5.41, 5.74) is 0.389. The highest BCUT2D eigenvalue weighted by Gasteiger charge is 2.41. The molecular formula is C14H16N2O2S. The molecule has 100 valence electrons. The number of nitriles is 1. The Morgan fingerprint density at radius 3 is 2.53 bits per heavy atom. The standard InChI is InChI=1S/C14H16N2O2S/c15-8-11-3-1-6-14(7-11)19(17,18)16-9-12-4-2-5-13(12)10-16/h1,3,6-7,12-13H,2,4-5,9-10H2. The number of fused-ring (bicyclic) bond motifs is 1. The fourth-order valence-electron chi connectivity index (χ4n) is 3.26. The van der Waals surface area contributed by atoms with E-state index in [1.165, 1.54) is 12.5 Å². The first kappa shape index (κ1) is 12.6. The highest BCUT2D eigenvalue weighted by molar-refractivity contribution is 7.89. The number of rotatable bonds is 2. The molecular weight excluding hydrogens is 260 g/mol. The number of sulfonamides is 1. The van der Waals surface area contributed by atoms with Crippen LogP contribution in [0.2, 0.25) is 0 Å². The Morgan fingerprint density at radius 2 is 1.89 bits per heavy atom. The molecule has 2 fully saturated rings. The molecule has 0 amide bonds. The predicted molar refractivity (Wildman–Crippen MR) is 70.7 cm³/mol. The Morgan fingerprint density at radius 1 is 1.21 bits per heavy atom. The van der Waals surface area contributed by atoms with Gasteiger partial charge >= 0.3 is 0 Å². The lowest BCUT2D eigenvalue weighted by molar-refractivity contribution is 0.445. The van der Waals surface area contributed by atoms with Crippen molar-refractivity contribution >= 4 is 10.0 Å². The fraction of sp³-hybridized carbons (Fsp3) is 0.500. The van der Waals surface area contributed by atoms with Crippen LogP contribution in [-0.4, -0.2) is 25.8 Å². The Hall–Kier alpha value is -1.38. The van der Waals surface area contributed by atoms with E-state index in [1.807, 2.05) is 6.07 Å². The molecule has 1 aliphatic heterocycles. The zero-order chi connectivity index (χ0) is 13.5. The van der Waals surface area contributed by atoms with Gasteiger partial charge < -0.3 is 0 Å². The van der Waals surface area contributed by atoms with Crippen LogP contribution in [0.25, 0.3) is 0 Å². The molecule has 4 nitrogen and oxygen atoms in total.